The minimum atomic E-state index is -0.490. The van der Waals surface area contributed by atoms with Crippen molar-refractivity contribution < 1.29 is 19.0 Å². The van der Waals surface area contributed by atoms with E-state index in [-0.39, 0.29) is 11.4 Å². The minimum Gasteiger partial charge on any atom is -0.497 e. The Morgan fingerprint density at radius 1 is 0.946 bits per heavy atom. The highest BCUT2D eigenvalue weighted by atomic mass is 35.5. The molecule has 10 heteroatoms. The fourth-order valence-corrected chi connectivity index (χ4v) is 4.77. The van der Waals surface area contributed by atoms with Crippen molar-refractivity contribution in [2.75, 3.05) is 20.3 Å². The lowest BCUT2D eigenvalue weighted by Gasteiger charge is -2.20. The molecule has 5 rings (SSSR count). The molecule has 37 heavy (non-hydrogen) atoms. The second-order valence-electron chi connectivity index (χ2n) is 7.85. The van der Waals surface area contributed by atoms with E-state index in [1.807, 2.05) is 54.6 Å². The highest BCUT2D eigenvalue weighted by Gasteiger charge is 2.36. The van der Waals surface area contributed by atoms with Crippen LogP contribution in [0.25, 0.3) is 6.08 Å². The Morgan fingerprint density at radius 2 is 1.57 bits per heavy atom. The molecule has 0 aromatic heterocycles. The highest BCUT2D eigenvalue weighted by molar-refractivity contribution is 8.27. The summed E-state index contributed by atoms with van der Waals surface area (Å²) in [6.45, 7) is 0.750. The molecule has 0 saturated heterocycles. The first-order valence-electron chi connectivity index (χ1n) is 11.3. The number of hydrogen-bond donors (Lipinski definition) is 1. The van der Waals surface area contributed by atoms with E-state index in [4.69, 9.17) is 31.2 Å². The number of thioether (sulfide) groups is 1. The van der Waals surface area contributed by atoms with E-state index in [1.54, 1.807) is 31.4 Å². The van der Waals surface area contributed by atoms with Gasteiger partial charge in [-0.15, -0.1) is 0 Å². The van der Waals surface area contributed by atoms with Crippen molar-refractivity contribution in [3.05, 3.63) is 94.5 Å². The van der Waals surface area contributed by atoms with Gasteiger partial charge in [-0.25, -0.2) is 0 Å². The molecule has 2 aliphatic rings. The van der Waals surface area contributed by atoms with Crippen LogP contribution < -0.4 is 14.2 Å². The minimum absolute atomic E-state index is 0.0411. The van der Waals surface area contributed by atoms with Crippen molar-refractivity contribution in [3.8, 4) is 17.2 Å². The number of ether oxygens (including phenoxy) is 3. The summed E-state index contributed by atoms with van der Waals surface area (Å²) in [5.41, 5.74) is 1.60. The summed E-state index contributed by atoms with van der Waals surface area (Å²) >= 11 is 7.50. The maximum atomic E-state index is 12.7. The molecule has 1 amide bonds. The predicted octanol–water partition coefficient (Wildman–Crippen LogP) is 5.47. The number of amidine groups is 2. The number of hydrogen-bond acceptors (Lipinski definition) is 7. The molecule has 2 aliphatic heterocycles. The van der Waals surface area contributed by atoms with Gasteiger partial charge in [0.2, 0.25) is 5.17 Å². The van der Waals surface area contributed by atoms with E-state index < -0.39 is 5.91 Å². The normalized spacial score (nSPS) is 15.8. The SMILES string of the molecule is COc1ccc(OCCOc2ccc(/C=C3\C(=N)N4N=C(c5ccccc5Cl)SC4=NC3=O)cc2)cc1. The lowest BCUT2D eigenvalue weighted by Crippen LogP contribution is -2.35. The number of carbonyl (C=O) groups excluding carboxylic acids is 1. The van der Waals surface area contributed by atoms with Crippen LogP contribution in [-0.2, 0) is 4.79 Å². The van der Waals surface area contributed by atoms with Crippen LogP contribution in [0.3, 0.4) is 0 Å². The summed E-state index contributed by atoms with van der Waals surface area (Å²) in [6, 6.07) is 21.8. The van der Waals surface area contributed by atoms with Crippen molar-refractivity contribution in [3.63, 3.8) is 0 Å². The molecule has 0 unspecified atom stereocenters. The molecule has 0 saturated carbocycles. The van der Waals surface area contributed by atoms with Crippen LogP contribution in [0.5, 0.6) is 17.2 Å². The lowest BCUT2D eigenvalue weighted by atomic mass is 10.1. The summed E-state index contributed by atoms with van der Waals surface area (Å²) < 4.78 is 16.5. The lowest BCUT2D eigenvalue weighted by molar-refractivity contribution is -0.114. The molecule has 2 heterocycles. The number of methoxy groups -OCH3 is 1. The zero-order valence-electron chi connectivity index (χ0n) is 19.7. The van der Waals surface area contributed by atoms with Crippen LogP contribution in [0.1, 0.15) is 11.1 Å². The van der Waals surface area contributed by atoms with Gasteiger partial charge in [0.05, 0.1) is 17.7 Å². The van der Waals surface area contributed by atoms with E-state index in [0.29, 0.717) is 34.2 Å². The van der Waals surface area contributed by atoms with E-state index in [0.717, 1.165) is 22.6 Å². The average molecular weight is 533 g/mol. The smallest absolute Gasteiger partial charge is 0.283 e. The fourth-order valence-electron chi connectivity index (χ4n) is 3.55. The number of rotatable bonds is 8. The van der Waals surface area contributed by atoms with E-state index >= 15 is 0 Å². The van der Waals surface area contributed by atoms with Crippen molar-refractivity contribution in [2.24, 2.45) is 10.1 Å². The number of aliphatic imine (C=N–C) groups is 1. The first-order chi connectivity index (χ1) is 18.0. The van der Waals surface area contributed by atoms with Gasteiger partial charge in [0.15, 0.2) is 5.84 Å². The molecule has 0 atom stereocenters. The summed E-state index contributed by atoms with van der Waals surface area (Å²) in [5, 5.41) is 15.9. The molecule has 1 N–H and O–H groups in total. The third-order valence-electron chi connectivity index (χ3n) is 5.43. The predicted molar refractivity (Wildman–Crippen MR) is 146 cm³/mol. The second-order valence-corrected chi connectivity index (χ2v) is 9.21. The van der Waals surface area contributed by atoms with E-state index in [1.165, 1.54) is 16.8 Å². The molecule has 0 bridgehead atoms. The number of nitrogens with one attached hydrogen (secondary N) is 1. The van der Waals surface area contributed by atoms with Crippen molar-refractivity contribution in [1.82, 2.24) is 5.01 Å². The third kappa shape index (κ3) is 5.52. The molecule has 3 aromatic carbocycles. The van der Waals surface area contributed by atoms with Gasteiger partial charge in [0.25, 0.3) is 5.91 Å². The Hall–Kier alpha value is -4.08. The quantitative estimate of drug-likeness (QED) is 0.305. The Labute approximate surface area is 222 Å². The largest absolute Gasteiger partial charge is 0.497 e. The van der Waals surface area contributed by atoms with Crippen LogP contribution >= 0.6 is 23.4 Å². The highest BCUT2D eigenvalue weighted by Crippen LogP contribution is 2.33. The maximum absolute atomic E-state index is 12.7. The molecule has 0 spiro atoms. The molecule has 0 fully saturated rings. The number of carbonyl (C=O) groups is 1. The molecule has 3 aromatic rings. The topological polar surface area (TPSA) is 96.6 Å². The van der Waals surface area contributed by atoms with Crippen molar-refractivity contribution >= 4 is 51.4 Å². The Bertz CT molecular complexity index is 1440. The Morgan fingerprint density at radius 3 is 2.22 bits per heavy atom. The van der Waals surface area contributed by atoms with Gasteiger partial charge in [-0.3, -0.25) is 10.2 Å². The Balaban J connectivity index is 1.21. The molecule has 8 nitrogen and oxygen atoms in total. The van der Waals surface area contributed by atoms with Gasteiger partial charge < -0.3 is 14.2 Å². The number of halogens is 1. The van der Waals surface area contributed by atoms with Crippen LogP contribution in [-0.4, -0.2) is 47.3 Å². The number of benzene rings is 3. The summed E-state index contributed by atoms with van der Waals surface area (Å²) in [4.78, 5) is 16.8. The summed E-state index contributed by atoms with van der Waals surface area (Å²) in [7, 11) is 1.62. The van der Waals surface area contributed by atoms with Crippen LogP contribution in [0, 0.1) is 5.41 Å². The number of amides is 1. The molecule has 0 aliphatic carbocycles. The summed E-state index contributed by atoms with van der Waals surface area (Å²) in [5.74, 6) is 1.63. The second kappa shape index (κ2) is 10.9. The van der Waals surface area contributed by atoms with Gasteiger partial charge in [-0.2, -0.15) is 15.1 Å². The van der Waals surface area contributed by atoms with Gasteiger partial charge in [-0.05, 0) is 65.9 Å². The summed E-state index contributed by atoms with van der Waals surface area (Å²) in [6.07, 6.45) is 1.62. The van der Waals surface area contributed by atoms with Gasteiger partial charge in [-0.1, -0.05) is 41.9 Å². The van der Waals surface area contributed by atoms with Gasteiger partial charge >= 0.3 is 0 Å². The average Bonchev–Trinajstić information content (AvgIpc) is 3.34. The van der Waals surface area contributed by atoms with Gasteiger partial charge in [0.1, 0.15) is 35.5 Å². The number of fused-ring (bicyclic) bond motifs is 1. The zero-order valence-corrected chi connectivity index (χ0v) is 21.3. The number of hydrazone groups is 1. The fraction of sp³-hybridized carbons (Fsp3) is 0.111. The van der Waals surface area contributed by atoms with Crippen molar-refractivity contribution in [1.29, 1.82) is 5.41 Å². The zero-order chi connectivity index (χ0) is 25.8. The Kier molecular flexibility index (Phi) is 7.25. The van der Waals surface area contributed by atoms with Crippen LogP contribution in [0.4, 0.5) is 0 Å². The standard InChI is InChI=1S/C27H21ClN4O4S/c1-34-18-10-12-20(13-11-18)36-15-14-35-19-8-6-17(7-9-19)16-22-24(29)32-27(30-25(22)33)37-26(31-32)21-4-2-3-5-23(21)28/h2-13,16,29H,14-15H2,1H3/b22-16+,29-24?. The van der Waals surface area contributed by atoms with Crippen molar-refractivity contribution in [2.45, 2.75) is 0 Å². The molecule has 186 valence electrons. The molecule has 0 radical (unpaired) electrons. The van der Waals surface area contributed by atoms with E-state index in [2.05, 4.69) is 10.1 Å². The van der Waals surface area contributed by atoms with Crippen LogP contribution in [0.2, 0.25) is 5.02 Å². The first kappa shape index (κ1) is 24.6. The molecular weight excluding hydrogens is 512 g/mol. The maximum Gasteiger partial charge on any atom is 0.283 e. The van der Waals surface area contributed by atoms with Crippen LogP contribution in [0.15, 0.2) is 88.5 Å². The van der Waals surface area contributed by atoms with Gasteiger partial charge in [0, 0.05) is 5.56 Å². The third-order valence-corrected chi connectivity index (χ3v) is 6.70. The first-order valence-corrected chi connectivity index (χ1v) is 12.5. The van der Waals surface area contributed by atoms with E-state index in [9.17, 15) is 4.79 Å². The molecular formula is C27H21ClN4O4S. The monoisotopic (exact) mass is 532 g/mol. The number of nitrogens with zero attached hydrogens (tertiary/aromatic N) is 3.